The number of amides is 1. The third kappa shape index (κ3) is 4.47. The highest BCUT2D eigenvalue weighted by Crippen LogP contribution is 2.25. The number of anilines is 3. The van der Waals surface area contributed by atoms with E-state index >= 15 is 0 Å². The summed E-state index contributed by atoms with van der Waals surface area (Å²) in [4.78, 5) is 20.8. The predicted molar refractivity (Wildman–Crippen MR) is 101 cm³/mol. The lowest BCUT2D eigenvalue weighted by Gasteiger charge is -2.09. The van der Waals surface area contributed by atoms with Crippen molar-refractivity contribution in [3.05, 3.63) is 76.0 Å². The summed E-state index contributed by atoms with van der Waals surface area (Å²) in [5.74, 6) is -0.0747. The van der Waals surface area contributed by atoms with Crippen molar-refractivity contribution in [2.24, 2.45) is 0 Å². The van der Waals surface area contributed by atoms with Gasteiger partial charge in [-0.15, -0.1) is 0 Å². The fraction of sp³-hybridized carbons (Fsp3) is 0.0556. The van der Waals surface area contributed by atoms with Crippen molar-refractivity contribution in [3.63, 3.8) is 0 Å². The van der Waals surface area contributed by atoms with Crippen LogP contribution in [0.1, 0.15) is 16.1 Å². The van der Waals surface area contributed by atoms with E-state index in [9.17, 15) is 4.79 Å². The van der Waals surface area contributed by atoms with Crippen LogP contribution < -0.4 is 10.6 Å². The van der Waals surface area contributed by atoms with Gasteiger partial charge in [-0.25, -0.2) is 9.97 Å². The lowest BCUT2D eigenvalue weighted by atomic mass is 10.2. The molecule has 25 heavy (non-hydrogen) atoms. The smallest absolute Gasteiger partial charge is 0.274 e. The van der Waals surface area contributed by atoms with Gasteiger partial charge < -0.3 is 10.6 Å². The number of halogens is 2. The molecule has 0 radical (unpaired) electrons. The summed E-state index contributed by atoms with van der Waals surface area (Å²) in [6.45, 7) is 1.99. The van der Waals surface area contributed by atoms with Crippen molar-refractivity contribution < 1.29 is 4.79 Å². The first-order chi connectivity index (χ1) is 12.0. The molecule has 0 fully saturated rings. The second-order valence-electron chi connectivity index (χ2n) is 5.34. The van der Waals surface area contributed by atoms with Crippen LogP contribution >= 0.6 is 23.2 Å². The lowest BCUT2D eigenvalue weighted by molar-refractivity contribution is 0.102. The van der Waals surface area contributed by atoms with Gasteiger partial charge in [0.05, 0.1) is 10.7 Å². The van der Waals surface area contributed by atoms with E-state index < -0.39 is 5.91 Å². The van der Waals surface area contributed by atoms with Gasteiger partial charge in [-0.1, -0.05) is 35.3 Å². The summed E-state index contributed by atoms with van der Waals surface area (Å²) in [5.41, 5.74) is 2.58. The van der Waals surface area contributed by atoms with Crippen molar-refractivity contribution in [1.29, 1.82) is 0 Å². The Morgan fingerprint density at radius 2 is 1.92 bits per heavy atom. The first-order valence-corrected chi connectivity index (χ1v) is 8.20. The molecule has 3 aromatic rings. The van der Waals surface area contributed by atoms with E-state index in [1.54, 1.807) is 18.2 Å². The molecular formula is C18H14Cl2N4O. The van der Waals surface area contributed by atoms with Crippen molar-refractivity contribution in [3.8, 4) is 0 Å². The number of rotatable bonds is 4. The van der Waals surface area contributed by atoms with Gasteiger partial charge in [0.1, 0.15) is 5.69 Å². The lowest BCUT2D eigenvalue weighted by Crippen LogP contribution is -2.15. The Morgan fingerprint density at radius 1 is 1.08 bits per heavy atom. The summed E-state index contributed by atoms with van der Waals surface area (Å²) < 4.78 is 0. The first-order valence-electron chi connectivity index (χ1n) is 7.44. The zero-order valence-corrected chi connectivity index (χ0v) is 14.8. The molecule has 0 unspecified atom stereocenters. The van der Waals surface area contributed by atoms with Crippen molar-refractivity contribution in [2.75, 3.05) is 10.6 Å². The molecule has 3 rings (SSSR count). The van der Waals surface area contributed by atoms with Gasteiger partial charge in [-0.2, -0.15) is 0 Å². The van der Waals surface area contributed by atoms with Crippen molar-refractivity contribution in [1.82, 2.24) is 9.97 Å². The molecule has 0 aliphatic rings. The van der Waals surface area contributed by atoms with Crippen LogP contribution in [-0.4, -0.2) is 15.9 Å². The number of benzene rings is 2. The predicted octanol–water partition coefficient (Wildman–Crippen LogP) is 5.09. The summed E-state index contributed by atoms with van der Waals surface area (Å²) in [6, 6.07) is 14.1. The largest absolute Gasteiger partial charge is 0.324 e. The summed E-state index contributed by atoms with van der Waals surface area (Å²) in [6.07, 6.45) is 1.51. The molecule has 0 aliphatic carbocycles. The molecule has 0 saturated carbocycles. The fourth-order valence-electron chi connectivity index (χ4n) is 2.18. The summed E-state index contributed by atoms with van der Waals surface area (Å²) in [7, 11) is 0. The Bertz CT molecular complexity index is 930. The zero-order valence-electron chi connectivity index (χ0n) is 13.3. The van der Waals surface area contributed by atoms with Crippen molar-refractivity contribution in [2.45, 2.75) is 6.92 Å². The highest BCUT2D eigenvalue weighted by molar-refractivity contribution is 6.35. The molecule has 0 atom stereocenters. The van der Waals surface area contributed by atoms with Gasteiger partial charge in [0.2, 0.25) is 5.95 Å². The minimum atomic E-state index is -0.404. The Morgan fingerprint density at radius 3 is 2.72 bits per heavy atom. The molecule has 5 nitrogen and oxygen atoms in total. The van der Waals surface area contributed by atoms with Crippen LogP contribution in [0.5, 0.6) is 0 Å². The molecule has 0 aliphatic heterocycles. The number of nitrogens with zero attached hydrogens (tertiary/aromatic N) is 2. The number of aromatic nitrogens is 2. The van der Waals surface area contributed by atoms with Crippen molar-refractivity contribution >= 4 is 46.4 Å². The van der Waals surface area contributed by atoms with E-state index in [1.165, 1.54) is 12.3 Å². The van der Waals surface area contributed by atoms with Crippen LogP contribution in [0.15, 0.2) is 54.7 Å². The minimum absolute atomic E-state index is 0.209. The molecule has 0 saturated heterocycles. The Hall–Kier alpha value is -2.63. The van der Waals surface area contributed by atoms with Crippen LogP contribution in [-0.2, 0) is 0 Å². The molecule has 7 heteroatoms. The molecule has 1 heterocycles. The van der Waals surface area contributed by atoms with Crippen LogP contribution in [0.4, 0.5) is 17.3 Å². The quantitative estimate of drug-likeness (QED) is 0.669. The Balaban J connectivity index is 1.78. The molecule has 0 bridgehead atoms. The van der Waals surface area contributed by atoms with Gasteiger partial charge in [0.15, 0.2) is 0 Å². The fourth-order valence-corrected chi connectivity index (χ4v) is 2.51. The monoisotopic (exact) mass is 372 g/mol. The molecule has 2 aromatic carbocycles. The Labute approximate surface area is 155 Å². The number of hydrogen-bond donors (Lipinski definition) is 2. The second kappa shape index (κ2) is 7.51. The SMILES string of the molecule is Cc1cccc(Nc2nccc(C(=O)Nc3cc(Cl)ccc3Cl)n2)c1. The number of carbonyl (C=O) groups is 1. The van der Waals surface area contributed by atoms with Gasteiger partial charge in [0.25, 0.3) is 5.91 Å². The van der Waals surface area contributed by atoms with Crippen LogP contribution in [0, 0.1) is 6.92 Å². The highest BCUT2D eigenvalue weighted by atomic mass is 35.5. The molecule has 1 aromatic heterocycles. The summed E-state index contributed by atoms with van der Waals surface area (Å²) >= 11 is 12.0. The van der Waals surface area contributed by atoms with Gasteiger partial charge in [-0.05, 0) is 48.9 Å². The van der Waals surface area contributed by atoms with E-state index in [0.29, 0.717) is 21.7 Å². The third-order valence-corrected chi connectivity index (χ3v) is 3.90. The van der Waals surface area contributed by atoms with E-state index in [1.807, 2.05) is 31.2 Å². The highest BCUT2D eigenvalue weighted by Gasteiger charge is 2.12. The molecule has 1 amide bonds. The summed E-state index contributed by atoms with van der Waals surface area (Å²) in [5, 5.41) is 6.64. The number of nitrogens with one attached hydrogen (secondary N) is 2. The normalized spacial score (nSPS) is 10.4. The first kappa shape index (κ1) is 17.2. The maximum atomic E-state index is 12.4. The average molecular weight is 373 g/mol. The minimum Gasteiger partial charge on any atom is -0.324 e. The van der Waals surface area contributed by atoms with E-state index in [2.05, 4.69) is 20.6 Å². The maximum absolute atomic E-state index is 12.4. The number of aryl methyl sites for hydroxylation is 1. The van der Waals surface area contributed by atoms with Crippen LogP contribution in [0.2, 0.25) is 10.0 Å². The van der Waals surface area contributed by atoms with Crippen LogP contribution in [0.3, 0.4) is 0 Å². The number of carbonyl (C=O) groups excluding carboxylic acids is 1. The molecule has 0 spiro atoms. The van der Waals surface area contributed by atoms with Gasteiger partial charge in [-0.3, -0.25) is 4.79 Å². The van der Waals surface area contributed by atoms with Gasteiger partial charge in [0, 0.05) is 16.9 Å². The van der Waals surface area contributed by atoms with E-state index in [0.717, 1.165) is 11.3 Å². The Kier molecular flexibility index (Phi) is 5.16. The maximum Gasteiger partial charge on any atom is 0.274 e. The average Bonchev–Trinajstić information content (AvgIpc) is 2.58. The van der Waals surface area contributed by atoms with E-state index in [4.69, 9.17) is 23.2 Å². The second-order valence-corrected chi connectivity index (χ2v) is 6.18. The molecule has 2 N–H and O–H groups in total. The van der Waals surface area contributed by atoms with Crippen LogP contribution in [0.25, 0.3) is 0 Å². The standard InChI is InChI=1S/C18H14Cl2N4O/c1-11-3-2-4-13(9-11)22-18-21-8-7-15(24-18)17(25)23-16-10-12(19)5-6-14(16)20/h2-10H,1H3,(H,23,25)(H,21,22,24). The van der Waals surface area contributed by atoms with Gasteiger partial charge >= 0.3 is 0 Å². The third-order valence-electron chi connectivity index (χ3n) is 3.34. The number of hydrogen-bond acceptors (Lipinski definition) is 4. The molecular weight excluding hydrogens is 359 g/mol. The zero-order chi connectivity index (χ0) is 17.8. The molecule has 126 valence electrons. The van der Waals surface area contributed by atoms with E-state index in [-0.39, 0.29) is 5.69 Å². The topological polar surface area (TPSA) is 66.9 Å².